The van der Waals surface area contributed by atoms with Crippen LogP contribution in [0.3, 0.4) is 0 Å². The molecule has 1 aromatic rings. The number of aliphatic hydroxyl groups is 1. The number of nitriles is 1. The van der Waals surface area contributed by atoms with E-state index >= 15 is 0 Å². The van der Waals surface area contributed by atoms with Crippen molar-refractivity contribution in [1.29, 1.82) is 5.26 Å². The van der Waals surface area contributed by atoms with E-state index in [1.54, 1.807) is 18.2 Å². The molecule has 0 bridgehead atoms. The first-order chi connectivity index (χ1) is 8.63. The molecule has 0 atom stereocenters. The SMILES string of the molecule is N#Cc1ccc(N)c(NCC2(O)CCOCC2)c1. The highest BCUT2D eigenvalue weighted by molar-refractivity contribution is 5.68. The molecule has 2 rings (SSSR count). The quantitative estimate of drug-likeness (QED) is 0.695. The molecule has 18 heavy (non-hydrogen) atoms. The summed E-state index contributed by atoms with van der Waals surface area (Å²) in [6.45, 7) is 1.56. The Kier molecular flexibility index (Phi) is 3.70. The number of nitrogens with two attached hydrogens (primary N) is 1. The van der Waals surface area contributed by atoms with Crippen molar-refractivity contribution in [2.45, 2.75) is 18.4 Å². The molecule has 96 valence electrons. The normalized spacial score (nSPS) is 18.0. The van der Waals surface area contributed by atoms with Crippen molar-refractivity contribution >= 4 is 11.4 Å². The number of hydrogen-bond acceptors (Lipinski definition) is 5. The summed E-state index contributed by atoms with van der Waals surface area (Å²) in [4.78, 5) is 0. The Balaban J connectivity index is 2.03. The molecule has 5 nitrogen and oxygen atoms in total. The first-order valence-electron chi connectivity index (χ1n) is 5.97. The summed E-state index contributed by atoms with van der Waals surface area (Å²) < 4.78 is 5.22. The van der Waals surface area contributed by atoms with E-state index in [0.717, 1.165) is 0 Å². The van der Waals surface area contributed by atoms with E-state index in [9.17, 15) is 5.11 Å². The van der Waals surface area contributed by atoms with Gasteiger partial charge >= 0.3 is 0 Å². The fraction of sp³-hybridized carbons (Fsp3) is 0.462. The highest BCUT2D eigenvalue weighted by Gasteiger charge is 2.29. The summed E-state index contributed by atoms with van der Waals surface area (Å²) in [5.74, 6) is 0. The molecule has 0 aromatic heterocycles. The zero-order chi connectivity index (χ0) is 13.0. The lowest BCUT2D eigenvalue weighted by Gasteiger charge is -2.32. The zero-order valence-electron chi connectivity index (χ0n) is 10.1. The van der Waals surface area contributed by atoms with Gasteiger partial charge in [0.15, 0.2) is 0 Å². The average Bonchev–Trinajstić information content (AvgIpc) is 2.39. The summed E-state index contributed by atoms with van der Waals surface area (Å²) in [6.07, 6.45) is 1.22. The lowest BCUT2D eigenvalue weighted by atomic mass is 9.94. The molecule has 0 spiro atoms. The minimum Gasteiger partial charge on any atom is -0.397 e. The van der Waals surface area contributed by atoms with Crippen LogP contribution in [0.4, 0.5) is 11.4 Å². The van der Waals surface area contributed by atoms with E-state index in [4.69, 9.17) is 15.7 Å². The summed E-state index contributed by atoms with van der Waals surface area (Å²) in [5.41, 5.74) is 6.88. The van der Waals surface area contributed by atoms with Crippen LogP contribution in [0.2, 0.25) is 0 Å². The Morgan fingerprint density at radius 1 is 1.44 bits per heavy atom. The molecule has 1 saturated heterocycles. The van der Waals surface area contributed by atoms with E-state index in [0.29, 0.717) is 49.5 Å². The van der Waals surface area contributed by atoms with Crippen LogP contribution >= 0.6 is 0 Å². The molecule has 0 unspecified atom stereocenters. The molecule has 1 aromatic carbocycles. The second-order valence-electron chi connectivity index (χ2n) is 4.60. The van der Waals surface area contributed by atoms with Crippen LogP contribution in [0.1, 0.15) is 18.4 Å². The molecule has 1 heterocycles. The molecular formula is C13H17N3O2. The number of nitrogens with zero attached hydrogens (tertiary/aromatic N) is 1. The summed E-state index contributed by atoms with van der Waals surface area (Å²) in [6, 6.07) is 7.12. The molecule has 0 amide bonds. The molecular weight excluding hydrogens is 230 g/mol. The fourth-order valence-electron chi connectivity index (χ4n) is 1.97. The number of nitrogens with one attached hydrogen (secondary N) is 1. The molecule has 0 aliphatic carbocycles. The van der Waals surface area contributed by atoms with Crippen LogP contribution < -0.4 is 11.1 Å². The van der Waals surface area contributed by atoms with Crippen LogP contribution in [-0.2, 0) is 4.74 Å². The number of rotatable bonds is 3. The number of ether oxygens (including phenoxy) is 1. The van der Waals surface area contributed by atoms with Gasteiger partial charge in [-0.2, -0.15) is 5.26 Å². The lowest BCUT2D eigenvalue weighted by molar-refractivity contribution is -0.0543. The molecule has 1 fully saturated rings. The van der Waals surface area contributed by atoms with Gasteiger partial charge in [0.05, 0.1) is 28.6 Å². The molecule has 4 N–H and O–H groups in total. The third kappa shape index (κ3) is 2.92. The predicted octanol–water partition coefficient (Wildman–Crippen LogP) is 1.09. The summed E-state index contributed by atoms with van der Waals surface area (Å²) in [5, 5.41) is 22.3. The van der Waals surface area contributed by atoms with Crippen molar-refractivity contribution < 1.29 is 9.84 Å². The van der Waals surface area contributed by atoms with Gasteiger partial charge in [-0.3, -0.25) is 0 Å². The lowest BCUT2D eigenvalue weighted by Crippen LogP contribution is -2.42. The molecule has 5 heteroatoms. The number of benzene rings is 1. The van der Waals surface area contributed by atoms with Gasteiger partial charge in [0.1, 0.15) is 0 Å². The maximum Gasteiger partial charge on any atom is 0.0992 e. The Bertz CT molecular complexity index is 462. The maximum absolute atomic E-state index is 10.3. The van der Waals surface area contributed by atoms with E-state index < -0.39 is 5.60 Å². The van der Waals surface area contributed by atoms with Crippen molar-refractivity contribution in [3.05, 3.63) is 23.8 Å². The standard InChI is InChI=1S/C13H17N3O2/c14-8-10-1-2-11(15)12(7-10)16-9-13(17)3-5-18-6-4-13/h1-2,7,16-17H,3-6,9,15H2. The Morgan fingerprint density at radius 2 is 2.17 bits per heavy atom. The predicted molar refractivity (Wildman–Crippen MR) is 69.1 cm³/mol. The van der Waals surface area contributed by atoms with E-state index in [-0.39, 0.29) is 0 Å². The van der Waals surface area contributed by atoms with Crippen LogP contribution in [0, 0.1) is 11.3 Å². The van der Waals surface area contributed by atoms with Crippen LogP contribution in [0.5, 0.6) is 0 Å². The molecule has 1 aliphatic heterocycles. The van der Waals surface area contributed by atoms with Crippen LogP contribution in [0.25, 0.3) is 0 Å². The van der Waals surface area contributed by atoms with Crippen molar-refractivity contribution in [3.63, 3.8) is 0 Å². The molecule has 0 saturated carbocycles. The molecule has 0 radical (unpaired) electrons. The minimum absolute atomic E-state index is 0.412. The second-order valence-corrected chi connectivity index (χ2v) is 4.60. The van der Waals surface area contributed by atoms with Gasteiger partial charge in [-0.25, -0.2) is 0 Å². The van der Waals surface area contributed by atoms with E-state index in [1.165, 1.54) is 0 Å². The van der Waals surface area contributed by atoms with Gasteiger partial charge in [-0.1, -0.05) is 0 Å². The van der Waals surface area contributed by atoms with Crippen molar-refractivity contribution in [2.24, 2.45) is 0 Å². The highest BCUT2D eigenvalue weighted by atomic mass is 16.5. The monoisotopic (exact) mass is 247 g/mol. The maximum atomic E-state index is 10.3. The third-order valence-electron chi connectivity index (χ3n) is 3.21. The largest absolute Gasteiger partial charge is 0.397 e. The van der Waals surface area contributed by atoms with Crippen molar-refractivity contribution in [2.75, 3.05) is 30.8 Å². The third-order valence-corrected chi connectivity index (χ3v) is 3.21. The van der Waals surface area contributed by atoms with Gasteiger partial charge in [0.25, 0.3) is 0 Å². The Labute approximate surface area is 106 Å². The minimum atomic E-state index is -0.757. The first-order valence-corrected chi connectivity index (χ1v) is 5.97. The average molecular weight is 247 g/mol. The Hall–Kier alpha value is -1.77. The highest BCUT2D eigenvalue weighted by Crippen LogP contribution is 2.24. The number of hydrogen-bond donors (Lipinski definition) is 3. The summed E-state index contributed by atoms with van der Waals surface area (Å²) in [7, 11) is 0. The van der Waals surface area contributed by atoms with Gasteiger partial charge in [-0.15, -0.1) is 0 Å². The van der Waals surface area contributed by atoms with E-state index in [2.05, 4.69) is 11.4 Å². The van der Waals surface area contributed by atoms with Crippen molar-refractivity contribution in [3.8, 4) is 6.07 Å². The molecule has 1 aliphatic rings. The second kappa shape index (κ2) is 5.25. The summed E-state index contributed by atoms with van der Waals surface area (Å²) >= 11 is 0. The van der Waals surface area contributed by atoms with Crippen molar-refractivity contribution in [1.82, 2.24) is 0 Å². The number of nitrogen functional groups attached to an aromatic ring is 1. The van der Waals surface area contributed by atoms with Gasteiger partial charge < -0.3 is 20.9 Å². The van der Waals surface area contributed by atoms with Crippen LogP contribution in [0.15, 0.2) is 18.2 Å². The first kappa shape index (κ1) is 12.7. The van der Waals surface area contributed by atoms with Gasteiger partial charge in [0.2, 0.25) is 0 Å². The number of anilines is 2. The Morgan fingerprint density at radius 3 is 2.83 bits per heavy atom. The topological polar surface area (TPSA) is 91.3 Å². The van der Waals surface area contributed by atoms with E-state index in [1.807, 2.05) is 0 Å². The smallest absolute Gasteiger partial charge is 0.0992 e. The van der Waals surface area contributed by atoms with Gasteiger partial charge in [-0.05, 0) is 18.2 Å². The zero-order valence-corrected chi connectivity index (χ0v) is 10.1. The van der Waals surface area contributed by atoms with Gasteiger partial charge in [0, 0.05) is 32.6 Å². The fourth-order valence-corrected chi connectivity index (χ4v) is 1.97. The van der Waals surface area contributed by atoms with Crippen LogP contribution in [-0.4, -0.2) is 30.5 Å².